The summed E-state index contributed by atoms with van der Waals surface area (Å²) < 4.78 is 9.07. The molecule has 2 N–H and O–H groups in total. The lowest BCUT2D eigenvalue weighted by molar-refractivity contribution is 1.52. The van der Waals surface area contributed by atoms with Gasteiger partial charge >= 0.3 is 0 Å². The van der Waals surface area contributed by atoms with Gasteiger partial charge in [0.1, 0.15) is 5.69 Å². The minimum atomic E-state index is 0.509. The van der Waals surface area contributed by atoms with Crippen LogP contribution in [0.2, 0.25) is 0 Å². The molecule has 2 heterocycles. The minimum absolute atomic E-state index is 0.509. The van der Waals surface area contributed by atoms with Crippen LogP contribution in [0, 0.1) is 0 Å². The molecular formula is C6H4BrN3S2. The Hall–Kier alpha value is -0.460. The van der Waals surface area contributed by atoms with E-state index in [1.54, 1.807) is 11.3 Å². The van der Waals surface area contributed by atoms with Crippen LogP contribution in [-0.4, -0.2) is 8.75 Å². The number of halogens is 1. The van der Waals surface area contributed by atoms with Gasteiger partial charge in [-0.25, -0.2) is 0 Å². The Kier molecular flexibility index (Phi) is 2.12. The molecule has 2 aromatic rings. The Balaban J connectivity index is 2.50. The quantitative estimate of drug-likeness (QED) is 0.859. The van der Waals surface area contributed by atoms with E-state index in [0.29, 0.717) is 5.82 Å². The molecule has 0 aromatic carbocycles. The highest BCUT2D eigenvalue weighted by atomic mass is 79.9. The van der Waals surface area contributed by atoms with E-state index in [9.17, 15) is 0 Å². The molecule has 62 valence electrons. The van der Waals surface area contributed by atoms with Crippen LogP contribution in [0.1, 0.15) is 0 Å². The standard InChI is InChI=1S/C6H4BrN3S2/c7-4-2-1-3(11-4)5-6(8)10-12-9-5/h1-2H,(H2,8,10). The molecule has 0 aliphatic carbocycles. The van der Waals surface area contributed by atoms with E-state index >= 15 is 0 Å². The number of rotatable bonds is 1. The molecule has 0 atom stereocenters. The second kappa shape index (κ2) is 3.12. The first-order valence-electron chi connectivity index (χ1n) is 3.11. The fourth-order valence-electron chi connectivity index (χ4n) is 0.808. The van der Waals surface area contributed by atoms with Crippen molar-refractivity contribution in [2.45, 2.75) is 0 Å². The molecule has 0 amide bonds. The van der Waals surface area contributed by atoms with Crippen LogP contribution in [0.3, 0.4) is 0 Å². The van der Waals surface area contributed by atoms with Crippen molar-refractivity contribution in [3.05, 3.63) is 15.9 Å². The summed E-state index contributed by atoms with van der Waals surface area (Å²) in [6, 6.07) is 3.95. The predicted octanol–water partition coefficient (Wildman–Crippen LogP) is 2.61. The third-order valence-electron chi connectivity index (χ3n) is 1.32. The Bertz CT molecular complexity index is 395. The van der Waals surface area contributed by atoms with Gasteiger partial charge in [0, 0.05) is 0 Å². The Labute approximate surface area is 85.7 Å². The molecule has 0 aliphatic heterocycles. The van der Waals surface area contributed by atoms with E-state index in [4.69, 9.17) is 5.73 Å². The Morgan fingerprint density at radius 2 is 2.17 bits per heavy atom. The topological polar surface area (TPSA) is 51.8 Å². The zero-order valence-electron chi connectivity index (χ0n) is 5.82. The lowest BCUT2D eigenvalue weighted by Crippen LogP contribution is -1.85. The van der Waals surface area contributed by atoms with E-state index in [-0.39, 0.29) is 0 Å². The highest BCUT2D eigenvalue weighted by Crippen LogP contribution is 2.32. The minimum Gasteiger partial charge on any atom is -0.381 e. The van der Waals surface area contributed by atoms with Gasteiger partial charge in [-0.2, -0.15) is 8.75 Å². The van der Waals surface area contributed by atoms with E-state index < -0.39 is 0 Å². The molecule has 6 heteroatoms. The molecule has 2 aromatic heterocycles. The fourth-order valence-corrected chi connectivity index (χ4v) is 2.74. The Morgan fingerprint density at radius 3 is 2.67 bits per heavy atom. The monoisotopic (exact) mass is 261 g/mol. The second-order valence-electron chi connectivity index (χ2n) is 2.10. The van der Waals surface area contributed by atoms with E-state index in [1.165, 1.54) is 0 Å². The normalized spacial score (nSPS) is 10.4. The third kappa shape index (κ3) is 1.37. The van der Waals surface area contributed by atoms with Crippen molar-refractivity contribution < 1.29 is 0 Å². The van der Waals surface area contributed by atoms with Crippen molar-refractivity contribution in [1.29, 1.82) is 0 Å². The molecule has 2 rings (SSSR count). The number of thiophene rings is 1. The summed E-state index contributed by atoms with van der Waals surface area (Å²) in [5.41, 5.74) is 6.40. The van der Waals surface area contributed by atoms with Crippen molar-refractivity contribution in [2.75, 3.05) is 5.73 Å². The third-order valence-corrected chi connectivity index (χ3v) is 3.49. The highest BCUT2D eigenvalue weighted by Gasteiger charge is 2.08. The van der Waals surface area contributed by atoms with E-state index in [2.05, 4.69) is 24.7 Å². The molecule has 0 spiro atoms. The second-order valence-corrected chi connectivity index (χ2v) is 5.09. The number of nitrogen functional groups attached to an aromatic ring is 1. The number of nitrogens with zero attached hydrogens (tertiary/aromatic N) is 2. The summed E-state index contributed by atoms with van der Waals surface area (Å²) in [4.78, 5) is 1.05. The first-order valence-corrected chi connectivity index (χ1v) is 5.45. The average molecular weight is 262 g/mol. The van der Waals surface area contributed by atoms with E-state index in [0.717, 1.165) is 26.1 Å². The molecule has 0 aliphatic rings. The average Bonchev–Trinajstić information content (AvgIpc) is 2.58. The molecule has 3 nitrogen and oxygen atoms in total. The predicted molar refractivity (Wildman–Crippen MR) is 55.3 cm³/mol. The summed E-state index contributed by atoms with van der Waals surface area (Å²) in [7, 11) is 0. The van der Waals surface area contributed by atoms with E-state index in [1.807, 2.05) is 12.1 Å². The summed E-state index contributed by atoms with van der Waals surface area (Å²) in [5, 5.41) is 0. The van der Waals surface area contributed by atoms with Gasteiger partial charge in [-0.05, 0) is 28.1 Å². The van der Waals surface area contributed by atoms with Gasteiger partial charge in [-0.15, -0.1) is 11.3 Å². The van der Waals surface area contributed by atoms with Crippen LogP contribution in [0.4, 0.5) is 5.82 Å². The van der Waals surface area contributed by atoms with Gasteiger partial charge in [-0.1, -0.05) is 0 Å². The lowest BCUT2D eigenvalue weighted by atomic mass is 10.3. The van der Waals surface area contributed by atoms with Crippen LogP contribution in [-0.2, 0) is 0 Å². The molecule has 0 saturated heterocycles. The summed E-state index contributed by atoms with van der Waals surface area (Å²) in [6.45, 7) is 0. The van der Waals surface area contributed by atoms with Gasteiger partial charge < -0.3 is 5.73 Å². The summed E-state index contributed by atoms with van der Waals surface area (Å²) in [5.74, 6) is 0.509. The van der Waals surface area contributed by atoms with Gasteiger partial charge in [-0.3, -0.25) is 0 Å². The smallest absolute Gasteiger partial charge is 0.166 e. The maximum atomic E-state index is 5.61. The molecule has 0 bridgehead atoms. The van der Waals surface area contributed by atoms with Crippen LogP contribution in [0.15, 0.2) is 15.9 Å². The van der Waals surface area contributed by atoms with Crippen LogP contribution in [0.25, 0.3) is 10.6 Å². The van der Waals surface area contributed by atoms with Crippen molar-refractivity contribution in [1.82, 2.24) is 8.75 Å². The van der Waals surface area contributed by atoms with Crippen molar-refractivity contribution in [3.63, 3.8) is 0 Å². The molecule has 0 fully saturated rings. The molecule has 0 radical (unpaired) electrons. The first-order chi connectivity index (χ1) is 5.77. The zero-order valence-corrected chi connectivity index (χ0v) is 9.04. The van der Waals surface area contributed by atoms with Crippen molar-refractivity contribution in [3.8, 4) is 10.6 Å². The van der Waals surface area contributed by atoms with Crippen LogP contribution in [0.5, 0.6) is 0 Å². The molecule has 0 saturated carbocycles. The maximum Gasteiger partial charge on any atom is 0.166 e. The number of nitrogens with two attached hydrogens (primary N) is 1. The summed E-state index contributed by atoms with van der Waals surface area (Å²) >= 11 is 6.11. The number of hydrogen-bond donors (Lipinski definition) is 1. The molecule has 12 heavy (non-hydrogen) atoms. The fraction of sp³-hybridized carbons (Fsp3) is 0. The van der Waals surface area contributed by atoms with Crippen molar-refractivity contribution in [2.24, 2.45) is 0 Å². The maximum absolute atomic E-state index is 5.61. The largest absolute Gasteiger partial charge is 0.381 e. The lowest BCUT2D eigenvalue weighted by Gasteiger charge is -1.88. The number of anilines is 1. The highest BCUT2D eigenvalue weighted by molar-refractivity contribution is 9.11. The van der Waals surface area contributed by atoms with Gasteiger partial charge in [0.25, 0.3) is 0 Å². The van der Waals surface area contributed by atoms with Crippen molar-refractivity contribution >= 4 is 44.8 Å². The van der Waals surface area contributed by atoms with Crippen LogP contribution < -0.4 is 5.73 Å². The van der Waals surface area contributed by atoms with Gasteiger partial charge in [0.15, 0.2) is 5.82 Å². The first kappa shape index (κ1) is 8.15. The summed E-state index contributed by atoms with van der Waals surface area (Å²) in [6.07, 6.45) is 0. The number of hydrogen-bond acceptors (Lipinski definition) is 5. The zero-order chi connectivity index (χ0) is 8.55. The SMILES string of the molecule is Nc1nsnc1-c1ccc(Br)s1. The van der Waals surface area contributed by atoms with Crippen LogP contribution >= 0.6 is 39.0 Å². The molecular weight excluding hydrogens is 258 g/mol. The molecule has 0 unspecified atom stereocenters. The Morgan fingerprint density at radius 1 is 1.33 bits per heavy atom. The number of aromatic nitrogens is 2. The van der Waals surface area contributed by atoms with Gasteiger partial charge in [0.05, 0.1) is 20.4 Å². The van der Waals surface area contributed by atoms with Gasteiger partial charge in [0.2, 0.25) is 0 Å².